The van der Waals surface area contributed by atoms with E-state index in [4.69, 9.17) is 21.4 Å². The third kappa shape index (κ3) is 5.75. The van der Waals surface area contributed by atoms with Gasteiger partial charge in [-0.15, -0.1) is 11.8 Å². The molecular formula is C31H28ClFN4O3S. The van der Waals surface area contributed by atoms with Gasteiger partial charge in [0.05, 0.1) is 33.5 Å². The number of benzene rings is 3. The van der Waals surface area contributed by atoms with Gasteiger partial charge in [0.1, 0.15) is 18.2 Å². The summed E-state index contributed by atoms with van der Waals surface area (Å²) in [5.74, 6) is -0.289. The lowest BCUT2D eigenvalue weighted by Crippen LogP contribution is -2.44. The van der Waals surface area contributed by atoms with Gasteiger partial charge in [0.15, 0.2) is 0 Å². The molecule has 1 saturated heterocycles. The van der Waals surface area contributed by atoms with Crippen LogP contribution in [0.25, 0.3) is 16.9 Å². The first-order chi connectivity index (χ1) is 20.0. The van der Waals surface area contributed by atoms with Crippen LogP contribution in [0, 0.1) is 5.82 Å². The number of thioether (sulfide) groups is 1. The number of carbonyl (C=O) groups excluding carboxylic acids is 2. The fourth-order valence-electron chi connectivity index (χ4n) is 5.25. The number of fused-ring (bicyclic) bond motifs is 1. The molecule has 6 rings (SSSR count). The maximum atomic E-state index is 13.9. The Morgan fingerprint density at radius 1 is 1.07 bits per heavy atom. The largest absolute Gasteiger partial charge is 0.376 e. The van der Waals surface area contributed by atoms with Gasteiger partial charge in [0, 0.05) is 24.3 Å². The molecule has 1 fully saturated rings. The predicted octanol–water partition coefficient (Wildman–Crippen LogP) is 5.80. The third-order valence-electron chi connectivity index (χ3n) is 7.24. The molecule has 7 nitrogen and oxygen atoms in total. The normalized spacial score (nSPS) is 18.7. The monoisotopic (exact) mass is 590 g/mol. The number of ether oxygens (including phenoxy) is 1. The minimum absolute atomic E-state index is 0.0221. The van der Waals surface area contributed by atoms with Crippen molar-refractivity contribution in [1.29, 1.82) is 0 Å². The van der Waals surface area contributed by atoms with Crippen molar-refractivity contribution >= 4 is 41.0 Å². The third-order valence-corrected chi connectivity index (χ3v) is 8.82. The van der Waals surface area contributed by atoms with Crippen LogP contribution >= 0.6 is 23.4 Å². The summed E-state index contributed by atoms with van der Waals surface area (Å²) in [6, 6.07) is 23.2. The zero-order chi connectivity index (χ0) is 28.3. The van der Waals surface area contributed by atoms with Crippen LogP contribution in [0.15, 0.2) is 78.9 Å². The van der Waals surface area contributed by atoms with Gasteiger partial charge in [-0.25, -0.2) is 9.07 Å². The van der Waals surface area contributed by atoms with Gasteiger partial charge >= 0.3 is 0 Å². The van der Waals surface area contributed by atoms with Crippen LogP contribution in [0.5, 0.6) is 0 Å². The van der Waals surface area contributed by atoms with E-state index in [2.05, 4.69) is 5.32 Å². The molecule has 0 bridgehead atoms. The number of amides is 2. The molecule has 0 unspecified atom stereocenters. The quantitative estimate of drug-likeness (QED) is 0.295. The molecule has 0 saturated carbocycles. The summed E-state index contributed by atoms with van der Waals surface area (Å²) in [4.78, 5) is 28.5. The first kappa shape index (κ1) is 27.5. The van der Waals surface area contributed by atoms with Crippen molar-refractivity contribution in [3.63, 3.8) is 0 Å². The molecule has 3 aromatic carbocycles. The molecule has 2 amide bonds. The molecule has 3 heterocycles. The second-order valence-corrected chi connectivity index (χ2v) is 11.5. The van der Waals surface area contributed by atoms with Crippen LogP contribution in [-0.2, 0) is 14.3 Å². The van der Waals surface area contributed by atoms with Gasteiger partial charge < -0.3 is 10.1 Å². The first-order valence-corrected chi connectivity index (χ1v) is 14.9. The zero-order valence-corrected chi connectivity index (χ0v) is 23.7. The van der Waals surface area contributed by atoms with Crippen molar-refractivity contribution in [2.24, 2.45) is 0 Å². The minimum Gasteiger partial charge on any atom is -0.376 e. The van der Waals surface area contributed by atoms with E-state index in [1.807, 2.05) is 48.5 Å². The molecule has 210 valence electrons. The number of rotatable bonds is 7. The molecule has 1 aromatic heterocycles. The van der Waals surface area contributed by atoms with E-state index in [9.17, 15) is 14.0 Å². The molecule has 1 N–H and O–H groups in total. The van der Waals surface area contributed by atoms with E-state index >= 15 is 0 Å². The minimum atomic E-state index is -0.360. The smallest absolute Gasteiger partial charge is 0.240 e. The Balaban J connectivity index is 1.52. The van der Waals surface area contributed by atoms with Crippen LogP contribution in [0.2, 0.25) is 5.02 Å². The van der Waals surface area contributed by atoms with E-state index in [0.717, 1.165) is 29.5 Å². The standard InChI is InChI=1S/C31H28ClFN4O3S/c32-24-10-4-5-11-25(24)37-31-28(29(35-37)20-7-2-1-3-8-20)30(21-12-14-22(33)15-13-21)41-19-27(39)36(31)18-26(38)34-17-23-9-6-16-40-23/h1-5,7-8,10-15,23,30H,6,9,16-19H2,(H,34,38)/t23-,30+/m0/s1. The van der Waals surface area contributed by atoms with Crippen molar-refractivity contribution in [3.8, 4) is 16.9 Å². The molecule has 2 aliphatic heterocycles. The summed E-state index contributed by atoms with van der Waals surface area (Å²) in [7, 11) is 0. The molecular weight excluding hydrogens is 563 g/mol. The lowest BCUT2D eigenvalue weighted by Gasteiger charge is -2.24. The van der Waals surface area contributed by atoms with E-state index in [-0.39, 0.29) is 41.3 Å². The number of nitrogens with zero attached hydrogens (tertiary/aromatic N) is 3. The molecule has 4 aromatic rings. The number of para-hydroxylation sites is 1. The number of hydrogen-bond donors (Lipinski definition) is 1. The Morgan fingerprint density at radius 3 is 2.56 bits per heavy atom. The average molecular weight is 591 g/mol. The summed E-state index contributed by atoms with van der Waals surface area (Å²) in [5.41, 5.74) is 3.66. The lowest BCUT2D eigenvalue weighted by molar-refractivity contribution is -0.123. The van der Waals surface area contributed by atoms with Crippen molar-refractivity contribution < 1.29 is 18.7 Å². The Morgan fingerprint density at radius 2 is 1.83 bits per heavy atom. The molecule has 2 aliphatic rings. The average Bonchev–Trinajstić information content (AvgIpc) is 3.62. The number of carbonyl (C=O) groups is 2. The second kappa shape index (κ2) is 12.1. The Bertz CT molecular complexity index is 1560. The fourth-order valence-corrected chi connectivity index (χ4v) is 6.67. The Labute approximate surface area is 246 Å². The number of aromatic nitrogens is 2. The first-order valence-electron chi connectivity index (χ1n) is 13.5. The Hall–Kier alpha value is -3.66. The van der Waals surface area contributed by atoms with Gasteiger partial charge in [-0.1, -0.05) is 66.2 Å². The number of halogens is 2. The van der Waals surface area contributed by atoms with Crippen molar-refractivity contribution in [2.45, 2.75) is 24.2 Å². The van der Waals surface area contributed by atoms with Crippen molar-refractivity contribution in [2.75, 3.05) is 30.3 Å². The molecule has 0 radical (unpaired) electrons. The highest BCUT2D eigenvalue weighted by atomic mass is 35.5. The van der Waals surface area contributed by atoms with Crippen molar-refractivity contribution in [1.82, 2.24) is 15.1 Å². The van der Waals surface area contributed by atoms with Crippen LogP contribution < -0.4 is 10.2 Å². The summed E-state index contributed by atoms with van der Waals surface area (Å²) in [5, 5.41) is 8.06. The topological polar surface area (TPSA) is 76.5 Å². The van der Waals surface area contributed by atoms with Crippen LogP contribution in [0.3, 0.4) is 0 Å². The number of hydrogen-bond acceptors (Lipinski definition) is 5. The van der Waals surface area contributed by atoms with E-state index in [0.29, 0.717) is 35.4 Å². The van der Waals surface area contributed by atoms with Crippen LogP contribution in [0.4, 0.5) is 10.2 Å². The molecule has 0 aliphatic carbocycles. The highest BCUT2D eigenvalue weighted by Gasteiger charge is 2.38. The summed E-state index contributed by atoms with van der Waals surface area (Å²) < 4.78 is 21.3. The van der Waals surface area contributed by atoms with E-state index in [1.165, 1.54) is 28.8 Å². The van der Waals surface area contributed by atoms with Gasteiger partial charge in [0.25, 0.3) is 0 Å². The fraction of sp³-hybridized carbons (Fsp3) is 0.258. The molecule has 41 heavy (non-hydrogen) atoms. The summed E-state index contributed by atoms with van der Waals surface area (Å²) in [6.07, 6.45) is 1.84. The number of anilines is 1. The van der Waals surface area contributed by atoms with E-state index in [1.54, 1.807) is 22.9 Å². The van der Waals surface area contributed by atoms with Gasteiger partial charge in [-0.05, 0) is 42.7 Å². The highest BCUT2D eigenvalue weighted by Crippen LogP contribution is 2.48. The molecule has 0 spiro atoms. The summed E-state index contributed by atoms with van der Waals surface area (Å²) in [6.45, 7) is 0.884. The second-order valence-electron chi connectivity index (χ2n) is 9.98. The zero-order valence-electron chi connectivity index (χ0n) is 22.1. The maximum Gasteiger partial charge on any atom is 0.240 e. The molecule has 2 atom stereocenters. The molecule has 10 heteroatoms. The summed E-state index contributed by atoms with van der Waals surface area (Å²) >= 11 is 8.10. The number of nitrogens with one attached hydrogen (secondary N) is 1. The Kier molecular flexibility index (Phi) is 8.09. The van der Waals surface area contributed by atoms with Gasteiger partial charge in [-0.3, -0.25) is 14.5 Å². The van der Waals surface area contributed by atoms with E-state index < -0.39 is 0 Å². The van der Waals surface area contributed by atoms with Crippen LogP contribution in [-0.4, -0.2) is 53.1 Å². The lowest BCUT2D eigenvalue weighted by atomic mass is 9.99. The SMILES string of the molecule is O=C(CN1C(=O)CS[C@H](c2ccc(F)cc2)c2c(-c3ccccc3)nn(-c3ccccc3Cl)c21)NC[C@@H]1CCCO1. The van der Waals surface area contributed by atoms with Crippen molar-refractivity contribution in [3.05, 3.63) is 101 Å². The highest BCUT2D eigenvalue weighted by molar-refractivity contribution is 8.00. The van der Waals surface area contributed by atoms with Crippen LogP contribution in [0.1, 0.15) is 29.2 Å². The predicted molar refractivity (Wildman–Crippen MR) is 159 cm³/mol. The maximum absolute atomic E-state index is 13.9. The van der Waals surface area contributed by atoms with Gasteiger partial charge in [-0.2, -0.15) is 5.10 Å². The van der Waals surface area contributed by atoms with Gasteiger partial charge in [0.2, 0.25) is 11.8 Å².